The molecule has 0 bridgehead atoms. The van der Waals surface area contributed by atoms with E-state index in [4.69, 9.17) is 4.74 Å². The Labute approximate surface area is 155 Å². The van der Waals surface area contributed by atoms with Gasteiger partial charge in [-0.25, -0.2) is 14.6 Å². The predicted octanol–water partition coefficient (Wildman–Crippen LogP) is 3.97. The maximum absolute atomic E-state index is 12.2. The largest absolute Gasteiger partial charge is 0.465 e. The fourth-order valence-electron chi connectivity index (χ4n) is 2.93. The number of methoxy groups -OCH3 is 1. The molecule has 0 saturated carbocycles. The van der Waals surface area contributed by atoms with E-state index in [1.54, 1.807) is 30.3 Å². The molecule has 3 aromatic carbocycles. The summed E-state index contributed by atoms with van der Waals surface area (Å²) in [7, 11) is 1.33. The van der Waals surface area contributed by atoms with Crippen LogP contribution in [0.3, 0.4) is 0 Å². The van der Waals surface area contributed by atoms with E-state index < -0.39 is 11.9 Å². The zero-order valence-corrected chi connectivity index (χ0v) is 14.5. The molecule has 0 spiro atoms. The van der Waals surface area contributed by atoms with Crippen LogP contribution in [0.4, 0.5) is 0 Å². The lowest BCUT2D eigenvalue weighted by Crippen LogP contribution is -2.05. The van der Waals surface area contributed by atoms with E-state index in [0.29, 0.717) is 5.56 Å². The maximum Gasteiger partial charge on any atom is 0.363 e. The molecule has 0 amide bonds. The highest BCUT2D eigenvalue weighted by molar-refractivity contribution is 6.17. The lowest BCUT2D eigenvalue weighted by Gasteiger charge is -2.04. The summed E-state index contributed by atoms with van der Waals surface area (Å²) in [5.74, 6) is -0.630. The second-order valence-corrected chi connectivity index (χ2v) is 5.98. The van der Waals surface area contributed by atoms with Crippen LogP contribution < -0.4 is 0 Å². The molecule has 0 aromatic heterocycles. The van der Waals surface area contributed by atoms with Gasteiger partial charge >= 0.3 is 11.9 Å². The van der Waals surface area contributed by atoms with Gasteiger partial charge in [-0.05, 0) is 40.6 Å². The number of aliphatic imine (C=N–C) groups is 1. The van der Waals surface area contributed by atoms with E-state index in [0.717, 1.165) is 21.9 Å². The Morgan fingerprint density at radius 2 is 1.74 bits per heavy atom. The number of cyclic esters (lactones) is 1. The van der Waals surface area contributed by atoms with Gasteiger partial charge in [0.15, 0.2) is 5.70 Å². The van der Waals surface area contributed by atoms with Crippen LogP contribution in [0.5, 0.6) is 0 Å². The number of carbonyl (C=O) groups is 2. The minimum absolute atomic E-state index is 0.212. The number of benzene rings is 3. The van der Waals surface area contributed by atoms with Crippen LogP contribution in [0.1, 0.15) is 21.5 Å². The summed E-state index contributed by atoms with van der Waals surface area (Å²) in [6.07, 6.45) is 1.63. The fourth-order valence-corrected chi connectivity index (χ4v) is 2.93. The third-order valence-corrected chi connectivity index (χ3v) is 4.28. The monoisotopic (exact) mass is 357 g/mol. The predicted molar refractivity (Wildman–Crippen MR) is 102 cm³/mol. The number of carbonyl (C=O) groups excluding carboxylic acids is 2. The molecule has 27 heavy (non-hydrogen) atoms. The zero-order chi connectivity index (χ0) is 18.8. The van der Waals surface area contributed by atoms with Gasteiger partial charge in [0.25, 0.3) is 0 Å². The average molecular weight is 357 g/mol. The first-order chi connectivity index (χ1) is 13.2. The van der Waals surface area contributed by atoms with Crippen molar-refractivity contribution in [2.45, 2.75) is 0 Å². The van der Waals surface area contributed by atoms with E-state index in [1.165, 1.54) is 7.11 Å². The Morgan fingerprint density at radius 1 is 1.00 bits per heavy atom. The Hall–Kier alpha value is -3.73. The van der Waals surface area contributed by atoms with Crippen molar-refractivity contribution in [3.8, 4) is 0 Å². The number of hydrogen-bond donors (Lipinski definition) is 0. The third-order valence-electron chi connectivity index (χ3n) is 4.28. The molecule has 1 aliphatic heterocycles. The Kier molecular flexibility index (Phi) is 4.26. The van der Waals surface area contributed by atoms with Gasteiger partial charge in [-0.2, -0.15) is 0 Å². The minimum atomic E-state index is -0.505. The van der Waals surface area contributed by atoms with Crippen molar-refractivity contribution in [1.82, 2.24) is 0 Å². The number of ether oxygens (including phenoxy) is 2. The van der Waals surface area contributed by atoms with Crippen LogP contribution in [0.2, 0.25) is 0 Å². The van der Waals surface area contributed by atoms with E-state index in [-0.39, 0.29) is 11.6 Å². The first kappa shape index (κ1) is 16.7. The summed E-state index contributed by atoms with van der Waals surface area (Å²) in [6, 6.07) is 20.3. The molecule has 0 saturated heterocycles. The normalized spacial score (nSPS) is 14.9. The van der Waals surface area contributed by atoms with Crippen LogP contribution in [0, 0.1) is 0 Å². The maximum atomic E-state index is 12.2. The van der Waals surface area contributed by atoms with Gasteiger partial charge < -0.3 is 9.47 Å². The molecule has 0 N–H and O–H groups in total. The smallest absolute Gasteiger partial charge is 0.363 e. The van der Waals surface area contributed by atoms with E-state index in [1.807, 2.05) is 42.5 Å². The van der Waals surface area contributed by atoms with Crippen molar-refractivity contribution < 1.29 is 19.1 Å². The van der Waals surface area contributed by atoms with Crippen molar-refractivity contribution in [2.75, 3.05) is 7.11 Å². The van der Waals surface area contributed by atoms with E-state index >= 15 is 0 Å². The molecule has 0 atom stereocenters. The quantitative estimate of drug-likeness (QED) is 0.525. The summed E-state index contributed by atoms with van der Waals surface area (Å²) in [5, 5.41) is 2.01. The van der Waals surface area contributed by atoms with Crippen molar-refractivity contribution in [3.05, 3.63) is 89.1 Å². The Bertz CT molecular complexity index is 1110. The second kappa shape index (κ2) is 6.88. The zero-order valence-electron chi connectivity index (χ0n) is 14.5. The van der Waals surface area contributed by atoms with Gasteiger partial charge in [0, 0.05) is 5.56 Å². The number of fused-ring (bicyclic) bond motifs is 1. The topological polar surface area (TPSA) is 65.0 Å². The lowest BCUT2D eigenvalue weighted by molar-refractivity contribution is -0.129. The highest BCUT2D eigenvalue weighted by Crippen LogP contribution is 2.24. The molecular formula is C22H15NO4. The molecule has 0 aliphatic carbocycles. The highest BCUT2D eigenvalue weighted by atomic mass is 16.6. The molecule has 132 valence electrons. The van der Waals surface area contributed by atoms with Crippen molar-refractivity contribution in [3.63, 3.8) is 0 Å². The van der Waals surface area contributed by atoms with Gasteiger partial charge in [-0.1, -0.05) is 48.5 Å². The van der Waals surface area contributed by atoms with Gasteiger partial charge in [0.2, 0.25) is 5.90 Å². The first-order valence-electron chi connectivity index (χ1n) is 8.35. The van der Waals surface area contributed by atoms with Crippen LogP contribution >= 0.6 is 0 Å². The Morgan fingerprint density at radius 3 is 2.52 bits per heavy atom. The fraction of sp³-hybridized carbons (Fsp3) is 0.0455. The molecule has 1 aliphatic rings. The van der Waals surface area contributed by atoms with E-state index in [2.05, 4.69) is 9.73 Å². The number of nitrogens with zero attached hydrogens (tertiary/aromatic N) is 1. The van der Waals surface area contributed by atoms with Crippen molar-refractivity contribution in [2.24, 2.45) is 4.99 Å². The summed E-state index contributed by atoms with van der Waals surface area (Å²) in [6.45, 7) is 0. The standard InChI is InChI=1S/C22H15NO4/c1-26-21(24)16-11-9-14(10-12-16)13-19-22(25)27-20(23-19)18-8-4-6-15-5-2-3-7-17(15)18/h2-13H,1H3/b19-13+. The summed E-state index contributed by atoms with van der Waals surface area (Å²) in [5.41, 5.74) is 2.15. The molecule has 0 fully saturated rings. The number of hydrogen-bond acceptors (Lipinski definition) is 5. The van der Waals surface area contributed by atoms with Crippen LogP contribution in [-0.2, 0) is 14.3 Å². The molecule has 5 heteroatoms. The molecule has 3 aromatic rings. The van der Waals surface area contributed by atoms with Crippen LogP contribution in [-0.4, -0.2) is 24.9 Å². The molecule has 5 nitrogen and oxygen atoms in total. The minimum Gasteiger partial charge on any atom is -0.465 e. The molecule has 0 unspecified atom stereocenters. The molecule has 1 heterocycles. The summed E-state index contributed by atoms with van der Waals surface area (Å²) in [4.78, 5) is 28.1. The van der Waals surface area contributed by atoms with Gasteiger partial charge in [0.1, 0.15) is 0 Å². The van der Waals surface area contributed by atoms with Crippen LogP contribution in [0.15, 0.2) is 77.4 Å². The average Bonchev–Trinajstić information content (AvgIpc) is 3.07. The van der Waals surface area contributed by atoms with Gasteiger partial charge in [-0.15, -0.1) is 0 Å². The first-order valence-corrected chi connectivity index (χ1v) is 8.35. The van der Waals surface area contributed by atoms with Gasteiger partial charge in [0.05, 0.1) is 12.7 Å². The SMILES string of the molecule is COC(=O)c1ccc(/C=C2/N=C(c3cccc4ccccc34)OC2=O)cc1. The highest BCUT2D eigenvalue weighted by Gasteiger charge is 2.25. The van der Waals surface area contributed by atoms with E-state index in [9.17, 15) is 9.59 Å². The number of esters is 2. The Balaban J connectivity index is 1.68. The molecule has 4 rings (SSSR count). The van der Waals surface area contributed by atoms with Crippen molar-refractivity contribution >= 4 is 34.7 Å². The van der Waals surface area contributed by atoms with Crippen LogP contribution in [0.25, 0.3) is 16.8 Å². The molecular weight excluding hydrogens is 342 g/mol. The molecule has 0 radical (unpaired) electrons. The third kappa shape index (κ3) is 3.22. The summed E-state index contributed by atoms with van der Waals surface area (Å²) < 4.78 is 10.1. The van der Waals surface area contributed by atoms with Crippen molar-refractivity contribution in [1.29, 1.82) is 0 Å². The number of rotatable bonds is 3. The summed E-state index contributed by atoms with van der Waals surface area (Å²) >= 11 is 0. The van der Waals surface area contributed by atoms with Gasteiger partial charge in [-0.3, -0.25) is 0 Å². The second-order valence-electron chi connectivity index (χ2n) is 5.98. The lowest BCUT2D eigenvalue weighted by atomic mass is 10.0.